The summed E-state index contributed by atoms with van der Waals surface area (Å²) in [6, 6.07) is 27.6. The van der Waals surface area contributed by atoms with Gasteiger partial charge < -0.3 is 5.32 Å². The molecular formula is C25H28N2S. The second-order valence-electron chi connectivity index (χ2n) is 8.16. The number of fused-ring (bicyclic) bond motifs is 3. The molecule has 1 aromatic heterocycles. The van der Waals surface area contributed by atoms with Crippen molar-refractivity contribution in [1.29, 1.82) is 0 Å². The van der Waals surface area contributed by atoms with E-state index in [0.717, 1.165) is 12.5 Å². The third kappa shape index (κ3) is 3.55. The highest BCUT2D eigenvalue weighted by Crippen LogP contribution is 2.43. The number of hydrogen-bond acceptors (Lipinski definition) is 3. The summed E-state index contributed by atoms with van der Waals surface area (Å²) in [4.78, 5) is 4.26. The van der Waals surface area contributed by atoms with E-state index in [2.05, 4.69) is 88.4 Å². The summed E-state index contributed by atoms with van der Waals surface area (Å²) in [7, 11) is 0. The lowest BCUT2D eigenvalue weighted by Gasteiger charge is -2.54. The highest BCUT2D eigenvalue weighted by atomic mass is 32.1. The van der Waals surface area contributed by atoms with Crippen molar-refractivity contribution < 1.29 is 0 Å². The quantitative estimate of drug-likeness (QED) is 0.629. The SMILES string of the molecule is c1ccc(CN[C@@H]2C3CCN(CC3)[C@@H]2[C@@H](c2ccccc2)c2cccs2)cc1. The van der Waals surface area contributed by atoms with E-state index >= 15 is 0 Å². The molecule has 4 heterocycles. The number of benzene rings is 2. The maximum atomic E-state index is 3.99. The van der Waals surface area contributed by atoms with E-state index in [1.54, 1.807) is 0 Å². The summed E-state index contributed by atoms with van der Waals surface area (Å²) in [5.41, 5.74) is 2.83. The Hall–Kier alpha value is -1.94. The van der Waals surface area contributed by atoms with Crippen LogP contribution in [-0.2, 0) is 6.54 Å². The van der Waals surface area contributed by atoms with Gasteiger partial charge in [0, 0.05) is 29.4 Å². The molecule has 3 fully saturated rings. The third-order valence-corrected chi connectivity index (χ3v) is 7.56. The molecule has 3 atom stereocenters. The first-order chi connectivity index (χ1) is 13.9. The van der Waals surface area contributed by atoms with Crippen molar-refractivity contribution in [2.75, 3.05) is 13.1 Å². The summed E-state index contributed by atoms with van der Waals surface area (Å²) < 4.78 is 0. The van der Waals surface area contributed by atoms with E-state index in [4.69, 9.17) is 0 Å². The van der Waals surface area contributed by atoms with Crippen molar-refractivity contribution in [2.24, 2.45) is 5.92 Å². The average molecular weight is 389 g/mol. The van der Waals surface area contributed by atoms with Gasteiger partial charge in [-0.05, 0) is 54.4 Å². The van der Waals surface area contributed by atoms with Crippen LogP contribution < -0.4 is 5.32 Å². The fourth-order valence-corrected chi connectivity index (χ4v) is 6.17. The first-order valence-electron chi connectivity index (χ1n) is 10.5. The van der Waals surface area contributed by atoms with E-state index in [9.17, 15) is 0 Å². The molecule has 2 aromatic carbocycles. The van der Waals surface area contributed by atoms with Crippen molar-refractivity contribution in [1.82, 2.24) is 10.2 Å². The summed E-state index contributed by atoms with van der Waals surface area (Å²) in [5.74, 6) is 1.22. The Bertz CT molecular complexity index is 854. The second-order valence-corrected chi connectivity index (χ2v) is 9.14. The molecule has 3 aliphatic heterocycles. The van der Waals surface area contributed by atoms with Crippen LogP contribution in [0.1, 0.15) is 34.8 Å². The number of nitrogens with one attached hydrogen (secondary N) is 1. The summed E-state index contributed by atoms with van der Waals surface area (Å²) >= 11 is 1.91. The summed E-state index contributed by atoms with van der Waals surface area (Å²) in [5, 5.41) is 6.22. The molecule has 3 heteroatoms. The number of nitrogens with zero attached hydrogens (tertiary/aromatic N) is 1. The van der Waals surface area contributed by atoms with Crippen LogP contribution >= 0.6 is 11.3 Å². The maximum Gasteiger partial charge on any atom is 0.0369 e. The molecule has 6 rings (SSSR count). The zero-order valence-corrected chi connectivity index (χ0v) is 17.0. The molecule has 3 saturated heterocycles. The third-order valence-electron chi connectivity index (χ3n) is 6.61. The van der Waals surface area contributed by atoms with E-state index in [1.165, 1.54) is 41.9 Å². The van der Waals surface area contributed by atoms with Gasteiger partial charge >= 0.3 is 0 Å². The molecule has 0 unspecified atom stereocenters. The lowest BCUT2D eigenvalue weighted by atomic mass is 9.72. The van der Waals surface area contributed by atoms with Crippen molar-refractivity contribution in [3.63, 3.8) is 0 Å². The molecule has 28 heavy (non-hydrogen) atoms. The minimum atomic E-state index is 0.442. The highest BCUT2D eigenvalue weighted by molar-refractivity contribution is 7.10. The molecule has 2 bridgehead atoms. The predicted molar refractivity (Wildman–Crippen MR) is 118 cm³/mol. The van der Waals surface area contributed by atoms with Gasteiger partial charge in [-0.1, -0.05) is 66.7 Å². The number of rotatable bonds is 6. The number of piperidine rings is 3. The summed E-state index contributed by atoms with van der Waals surface area (Å²) in [6.07, 6.45) is 2.66. The Morgan fingerprint density at radius 2 is 1.61 bits per heavy atom. The highest BCUT2D eigenvalue weighted by Gasteiger charge is 2.46. The molecule has 3 aliphatic rings. The Kier molecular flexibility index (Phi) is 5.30. The largest absolute Gasteiger partial charge is 0.308 e. The monoisotopic (exact) mass is 388 g/mol. The number of hydrogen-bond donors (Lipinski definition) is 1. The molecule has 0 spiro atoms. The van der Waals surface area contributed by atoms with Gasteiger partial charge in [0.05, 0.1) is 0 Å². The molecule has 2 nitrogen and oxygen atoms in total. The van der Waals surface area contributed by atoms with Crippen LogP contribution in [0.4, 0.5) is 0 Å². The second kappa shape index (κ2) is 8.20. The fraction of sp³-hybridized carbons (Fsp3) is 0.360. The Labute approximate surface area is 172 Å². The lowest BCUT2D eigenvalue weighted by molar-refractivity contribution is 0.00513. The van der Waals surface area contributed by atoms with Crippen molar-refractivity contribution in [3.05, 3.63) is 94.2 Å². The number of thiophene rings is 1. The van der Waals surface area contributed by atoms with Gasteiger partial charge in [0.15, 0.2) is 0 Å². The van der Waals surface area contributed by atoms with Crippen molar-refractivity contribution in [2.45, 2.75) is 37.4 Å². The molecule has 0 aliphatic carbocycles. The predicted octanol–water partition coefficient (Wildman–Crippen LogP) is 5.13. The molecule has 0 radical (unpaired) electrons. The van der Waals surface area contributed by atoms with Gasteiger partial charge in [0.2, 0.25) is 0 Å². The van der Waals surface area contributed by atoms with Gasteiger partial charge in [-0.2, -0.15) is 0 Å². The van der Waals surface area contributed by atoms with Gasteiger partial charge in [0.25, 0.3) is 0 Å². The van der Waals surface area contributed by atoms with E-state index in [0.29, 0.717) is 18.0 Å². The average Bonchev–Trinajstić information content (AvgIpc) is 3.30. The molecular weight excluding hydrogens is 360 g/mol. The van der Waals surface area contributed by atoms with E-state index in [-0.39, 0.29) is 0 Å². The summed E-state index contributed by atoms with van der Waals surface area (Å²) in [6.45, 7) is 3.44. The van der Waals surface area contributed by atoms with Crippen LogP contribution in [0.3, 0.4) is 0 Å². The smallest absolute Gasteiger partial charge is 0.0369 e. The van der Waals surface area contributed by atoms with Gasteiger partial charge in [-0.25, -0.2) is 0 Å². The van der Waals surface area contributed by atoms with Crippen LogP contribution in [0.15, 0.2) is 78.2 Å². The van der Waals surface area contributed by atoms with Crippen molar-refractivity contribution in [3.8, 4) is 0 Å². The maximum absolute atomic E-state index is 3.99. The molecule has 0 saturated carbocycles. The van der Waals surface area contributed by atoms with Crippen LogP contribution in [0.2, 0.25) is 0 Å². The topological polar surface area (TPSA) is 15.3 Å². The normalized spacial score (nSPS) is 27.6. The molecule has 144 valence electrons. The zero-order valence-electron chi connectivity index (χ0n) is 16.2. The van der Waals surface area contributed by atoms with Gasteiger partial charge in [-0.3, -0.25) is 4.90 Å². The van der Waals surface area contributed by atoms with Crippen LogP contribution in [0, 0.1) is 5.92 Å². The Morgan fingerprint density at radius 3 is 2.29 bits per heavy atom. The van der Waals surface area contributed by atoms with Crippen LogP contribution in [0.25, 0.3) is 0 Å². The lowest BCUT2D eigenvalue weighted by Crippen LogP contribution is -2.64. The van der Waals surface area contributed by atoms with E-state index < -0.39 is 0 Å². The van der Waals surface area contributed by atoms with Crippen LogP contribution in [0.5, 0.6) is 0 Å². The molecule has 0 amide bonds. The Balaban J connectivity index is 1.48. The first-order valence-corrected chi connectivity index (χ1v) is 11.4. The standard InChI is InChI=1S/C25H28N2S/c1-3-8-19(9-4-1)18-26-24-21-13-15-27(16-14-21)25(24)23(22-12-7-17-28-22)20-10-5-2-6-11-20/h1-12,17,21,23-26H,13-16,18H2/t23-,24+,25+/m0/s1. The fourth-order valence-electron chi connectivity index (χ4n) is 5.28. The van der Waals surface area contributed by atoms with Gasteiger partial charge in [0.1, 0.15) is 0 Å². The minimum Gasteiger partial charge on any atom is -0.308 e. The Morgan fingerprint density at radius 1 is 0.893 bits per heavy atom. The minimum absolute atomic E-state index is 0.442. The van der Waals surface area contributed by atoms with E-state index in [1.807, 2.05) is 11.3 Å². The van der Waals surface area contributed by atoms with Crippen molar-refractivity contribution >= 4 is 11.3 Å². The molecule has 3 aromatic rings. The van der Waals surface area contributed by atoms with Gasteiger partial charge in [-0.15, -0.1) is 11.3 Å². The van der Waals surface area contributed by atoms with Crippen LogP contribution in [-0.4, -0.2) is 30.1 Å². The zero-order chi connectivity index (χ0) is 18.8. The molecule has 1 N–H and O–H groups in total. The first kappa shape index (κ1) is 18.1.